The van der Waals surface area contributed by atoms with Crippen LogP contribution in [0.5, 0.6) is 0 Å². The minimum absolute atomic E-state index is 0.0309. The predicted octanol–water partition coefficient (Wildman–Crippen LogP) is 3.55. The van der Waals surface area contributed by atoms with Crippen LogP contribution in [0.3, 0.4) is 0 Å². The van der Waals surface area contributed by atoms with Gasteiger partial charge < -0.3 is 10.2 Å². The summed E-state index contributed by atoms with van der Waals surface area (Å²) in [6.07, 6.45) is 0. The van der Waals surface area contributed by atoms with Gasteiger partial charge >= 0.3 is 0 Å². The molecule has 2 rings (SSSR count). The summed E-state index contributed by atoms with van der Waals surface area (Å²) in [5.41, 5.74) is 1.34. The highest BCUT2D eigenvalue weighted by Crippen LogP contribution is 2.39. The summed E-state index contributed by atoms with van der Waals surface area (Å²) in [5, 5.41) is 3.99. The van der Waals surface area contributed by atoms with Crippen LogP contribution in [0.2, 0.25) is 10.0 Å². The molecule has 1 aromatic carbocycles. The topological polar surface area (TPSA) is 32.3 Å². The van der Waals surface area contributed by atoms with Crippen molar-refractivity contribution < 1.29 is 4.79 Å². The normalized spacial score (nSPS) is 15.6. The number of hydrogen-bond donors (Lipinski definition) is 1. The fraction of sp³-hybridized carbons (Fsp3) is 0.417. The van der Waals surface area contributed by atoms with Gasteiger partial charge in [-0.15, -0.1) is 0 Å². The molecular formula is C12H14Cl2N2O. The highest BCUT2D eigenvalue weighted by molar-refractivity contribution is 6.42. The molecular weight excluding hydrogens is 259 g/mol. The Morgan fingerprint density at radius 1 is 1.24 bits per heavy atom. The quantitative estimate of drug-likeness (QED) is 0.784. The molecule has 5 heteroatoms. The zero-order valence-electron chi connectivity index (χ0n) is 9.97. The van der Waals surface area contributed by atoms with Gasteiger partial charge in [-0.05, 0) is 32.9 Å². The second-order valence-corrected chi connectivity index (χ2v) is 5.85. The van der Waals surface area contributed by atoms with Crippen molar-refractivity contribution in [3.05, 3.63) is 22.2 Å². The summed E-state index contributed by atoms with van der Waals surface area (Å²) in [6, 6.07) is 3.49. The third-order valence-electron chi connectivity index (χ3n) is 2.63. The summed E-state index contributed by atoms with van der Waals surface area (Å²) < 4.78 is 0. The van der Waals surface area contributed by atoms with E-state index < -0.39 is 0 Å². The van der Waals surface area contributed by atoms with Crippen LogP contribution in [-0.4, -0.2) is 18.0 Å². The maximum absolute atomic E-state index is 12.0. The van der Waals surface area contributed by atoms with E-state index in [-0.39, 0.29) is 18.0 Å². The minimum Gasteiger partial charge on any atom is -0.374 e. The number of benzene rings is 1. The lowest BCUT2D eigenvalue weighted by Gasteiger charge is -2.40. The van der Waals surface area contributed by atoms with Crippen molar-refractivity contribution in [2.24, 2.45) is 0 Å². The Morgan fingerprint density at radius 3 is 2.41 bits per heavy atom. The molecule has 0 radical (unpaired) electrons. The Kier molecular flexibility index (Phi) is 3.00. The van der Waals surface area contributed by atoms with Gasteiger partial charge in [0.05, 0.1) is 28.0 Å². The second kappa shape index (κ2) is 4.07. The molecule has 92 valence electrons. The fourth-order valence-electron chi connectivity index (χ4n) is 1.98. The number of halogens is 2. The van der Waals surface area contributed by atoms with Gasteiger partial charge in [-0.2, -0.15) is 0 Å². The van der Waals surface area contributed by atoms with E-state index in [4.69, 9.17) is 23.2 Å². The number of carbonyl (C=O) groups excluding carboxylic acids is 1. The average molecular weight is 273 g/mol. The van der Waals surface area contributed by atoms with E-state index in [0.717, 1.165) is 11.4 Å². The smallest absolute Gasteiger partial charge is 0.246 e. The maximum atomic E-state index is 12.0. The highest BCUT2D eigenvalue weighted by atomic mass is 35.5. The first-order valence-corrected chi connectivity index (χ1v) is 6.12. The van der Waals surface area contributed by atoms with Gasteiger partial charge in [0.2, 0.25) is 5.91 Å². The third kappa shape index (κ3) is 2.22. The summed E-state index contributed by atoms with van der Waals surface area (Å²) in [4.78, 5) is 13.7. The van der Waals surface area contributed by atoms with E-state index in [1.165, 1.54) is 0 Å². The molecule has 17 heavy (non-hydrogen) atoms. The van der Waals surface area contributed by atoms with Crippen molar-refractivity contribution >= 4 is 40.5 Å². The number of rotatable bonds is 0. The van der Waals surface area contributed by atoms with Gasteiger partial charge in [-0.1, -0.05) is 23.2 Å². The van der Waals surface area contributed by atoms with Crippen LogP contribution in [-0.2, 0) is 4.79 Å². The number of amides is 1. The van der Waals surface area contributed by atoms with Gasteiger partial charge in [-0.25, -0.2) is 0 Å². The molecule has 1 N–H and O–H groups in total. The minimum atomic E-state index is -0.287. The molecule has 1 amide bonds. The predicted molar refractivity (Wildman–Crippen MR) is 72.2 cm³/mol. The largest absolute Gasteiger partial charge is 0.374 e. The lowest BCUT2D eigenvalue weighted by molar-refractivity contribution is -0.118. The lowest BCUT2D eigenvalue weighted by Crippen LogP contribution is -2.50. The Bertz CT molecular complexity index is 480. The van der Waals surface area contributed by atoms with Crippen molar-refractivity contribution in [2.45, 2.75) is 26.3 Å². The van der Waals surface area contributed by atoms with Crippen molar-refractivity contribution in [1.82, 2.24) is 0 Å². The standard InChI is InChI=1S/C12H14Cl2N2O/c1-12(2,3)16-10-5-8(14)7(13)4-9(10)15-6-11(16)17/h4-5,15H,6H2,1-3H3. The number of hydrogen-bond acceptors (Lipinski definition) is 2. The Morgan fingerprint density at radius 2 is 1.82 bits per heavy atom. The molecule has 1 aliphatic rings. The Hall–Kier alpha value is -0.930. The van der Waals surface area contributed by atoms with Crippen molar-refractivity contribution in [3.63, 3.8) is 0 Å². The van der Waals surface area contributed by atoms with E-state index in [0.29, 0.717) is 10.0 Å². The summed E-state index contributed by atoms with van der Waals surface area (Å²) in [5.74, 6) is 0.0309. The van der Waals surface area contributed by atoms with Gasteiger partial charge in [-0.3, -0.25) is 4.79 Å². The Balaban J connectivity index is 2.59. The Labute approximate surface area is 111 Å². The first-order valence-electron chi connectivity index (χ1n) is 5.36. The van der Waals surface area contributed by atoms with Crippen LogP contribution in [0.1, 0.15) is 20.8 Å². The molecule has 0 spiro atoms. The fourth-order valence-corrected chi connectivity index (χ4v) is 2.30. The summed E-state index contributed by atoms with van der Waals surface area (Å²) in [6.45, 7) is 6.25. The molecule has 0 saturated carbocycles. The monoisotopic (exact) mass is 272 g/mol. The van der Waals surface area contributed by atoms with E-state index in [1.54, 1.807) is 17.0 Å². The molecule has 3 nitrogen and oxygen atoms in total. The zero-order valence-corrected chi connectivity index (χ0v) is 11.5. The van der Waals surface area contributed by atoms with Crippen LogP contribution in [0.25, 0.3) is 0 Å². The number of carbonyl (C=O) groups is 1. The average Bonchev–Trinajstić information content (AvgIpc) is 2.18. The maximum Gasteiger partial charge on any atom is 0.246 e. The molecule has 0 saturated heterocycles. The summed E-state index contributed by atoms with van der Waals surface area (Å²) >= 11 is 12.0. The van der Waals surface area contributed by atoms with Crippen LogP contribution < -0.4 is 10.2 Å². The molecule has 1 aliphatic heterocycles. The third-order valence-corrected chi connectivity index (χ3v) is 3.35. The molecule has 0 fully saturated rings. The van der Waals surface area contributed by atoms with E-state index in [2.05, 4.69) is 5.32 Å². The number of fused-ring (bicyclic) bond motifs is 1. The first kappa shape index (κ1) is 12.5. The first-order chi connectivity index (χ1) is 7.80. The van der Waals surface area contributed by atoms with Crippen molar-refractivity contribution in [2.75, 3.05) is 16.8 Å². The van der Waals surface area contributed by atoms with Crippen molar-refractivity contribution in [1.29, 1.82) is 0 Å². The second-order valence-electron chi connectivity index (χ2n) is 5.04. The van der Waals surface area contributed by atoms with Crippen LogP contribution in [0.4, 0.5) is 11.4 Å². The molecule has 0 unspecified atom stereocenters. The molecule has 0 aromatic heterocycles. The number of nitrogens with one attached hydrogen (secondary N) is 1. The molecule has 1 heterocycles. The van der Waals surface area contributed by atoms with Gasteiger partial charge in [0.25, 0.3) is 0 Å². The molecule has 0 atom stereocenters. The van der Waals surface area contributed by atoms with Crippen LogP contribution in [0, 0.1) is 0 Å². The number of anilines is 2. The molecule has 1 aromatic rings. The van der Waals surface area contributed by atoms with Gasteiger partial charge in [0.1, 0.15) is 0 Å². The van der Waals surface area contributed by atoms with Crippen LogP contribution >= 0.6 is 23.2 Å². The summed E-state index contributed by atoms with van der Waals surface area (Å²) in [7, 11) is 0. The van der Waals surface area contributed by atoms with Gasteiger partial charge in [0.15, 0.2) is 0 Å². The number of nitrogens with zero attached hydrogens (tertiary/aromatic N) is 1. The van der Waals surface area contributed by atoms with E-state index in [9.17, 15) is 4.79 Å². The van der Waals surface area contributed by atoms with Gasteiger partial charge in [0, 0.05) is 5.54 Å². The van der Waals surface area contributed by atoms with E-state index in [1.807, 2.05) is 20.8 Å². The molecule has 0 bridgehead atoms. The zero-order chi connectivity index (χ0) is 12.8. The highest BCUT2D eigenvalue weighted by Gasteiger charge is 2.33. The molecule has 0 aliphatic carbocycles. The van der Waals surface area contributed by atoms with E-state index >= 15 is 0 Å². The van der Waals surface area contributed by atoms with Crippen LogP contribution in [0.15, 0.2) is 12.1 Å². The van der Waals surface area contributed by atoms with Crippen molar-refractivity contribution in [3.8, 4) is 0 Å². The SMILES string of the molecule is CC(C)(C)N1C(=O)CNc2cc(Cl)c(Cl)cc21. The lowest BCUT2D eigenvalue weighted by atomic mass is 10.0.